The molecule has 1 heterocycles. The zero-order chi connectivity index (χ0) is 21.3. The molecule has 1 unspecified atom stereocenters. The fourth-order valence-corrected chi connectivity index (χ4v) is 4.01. The number of halogens is 1. The van der Waals surface area contributed by atoms with Crippen molar-refractivity contribution in [1.29, 1.82) is 0 Å². The highest BCUT2D eigenvalue weighted by molar-refractivity contribution is 6.33. The molecule has 2 aromatic carbocycles. The fraction of sp³-hybridized carbons (Fsp3) is 0.348. The number of nitrogens with one attached hydrogen (secondary N) is 1. The summed E-state index contributed by atoms with van der Waals surface area (Å²) in [5.41, 5.74) is 2.41. The third-order valence-corrected chi connectivity index (χ3v) is 5.93. The summed E-state index contributed by atoms with van der Waals surface area (Å²) in [5, 5.41) is 3.25. The Morgan fingerprint density at radius 1 is 1.07 bits per heavy atom. The van der Waals surface area contributed by atoms with Crippen LogP contribution in [-0.4, -0.2) is 53.2 Å². The number of fused-ring (bicyclic) bond motifs is 1. The van der Waals surface area contributed by atoms with E-state index in [4.69, 9.17) is 11.6 Å². The van der Waals surface area contributed by atoms with Crippen LogP contribution in [0.4, 0.5) is 0 Å². The molecule has 0 saturated heterocycles. The van der Waals surface area contributed by atoms with E-state index in [2.05, 4.69) is 5.32 Å². The molecule has 30 heavy (non-hydrogen) atoms. The van der Waals surface area contributed by atoms with Crippen LogP contribution < -0.4 is 5.32 Å². The molecule has 2 aliphatic rings. The lowest BCUT2D eigenvalue weighted by molar-refractivity contribution is -0.139. The van der Waals surface area contributed by atoms with E-state index < -0.39 is 6.04 Å². The molecular formula is C23H24ClN3O3. The van der Waals surface area contributed by atoms with Gasteiger partial charge in [-0.3, -0.25) is 14.4 Å². The van der Waals surface area contributed by atoms with Crippen molar-refractivity contribution in [2.24, 2.45) is 0 Å². The smallest absolute Gasteiger partial charge is 0.256 e. The van der Waals surface area contributed by atoms with Crippen molar-refractivity contribution < 1.29 is 14.4 Å². The quantitative estimate of drug-likeness (QED) is 0.800. The van der Waals surface area contributed by atoms with Crippen molar-refractivity contribution >= 4 is 29.3 Å². The Bertz CT molecular complexity index is 989. The molecule has 1 saturated carbocycles. The third-order valence-electron chi connectivity index (χ3n) is 5.60. The van der Waals surface area contributed by atoms with E-state index in [-0.39, 0.29) is 30.3 Å². The van der Waals surface area contributed by atoms with Crippen molar-refractivity contribution in [3.63, 3.8) is 0 Å². The van der Waals surface area contributed by atoms with Crippen molar-refractivity contribution in [3.05, 3.63) is 70.2 Å². The van der Waals surface area contributed by atoms with Crippen LogP contribution >= 0.6 is 11.6 Å². The van der Waals surface area contributed by atoms with Crippen molar-refractivity contribution in [2.45, 2.75) is 37.9 Å². The van der Waals surface area contributed by atoms with Gasteiger partial charge in [0.05, 0.1) is 17.1 Å². The summed E-state index contributed by atoms with van der Waals surface area (Å²) in [7, 11) is 1.60. The maximum absolute atomic E-state index is 13.3. The van der Waals surface area contributed by atoms with Gasteiger partial charge in [-0.2, -0.15) is 0 Å². The molecule has 1 atom stereocenters. The lowest BCUT2D eigenvalue weighted by atomic mass is 9.92. The molecule has 6 nitrogen and oxygen atoms in total. The Morgan fingerprint density at radius 2 is 1.73 bits per heavy atom. The van der Waals surface area contributed by atoms with E-state index in [9.17, 15) is 14.4 Å². The largest absolute Gasteiger partial charge is 0.352 e. The molecule has 3 amide bonds. The van der Waals surface area contributed by atoms with Gasteiger partial charge in [0.25, 0.3) is 5.91 Å². The molecule has 156 valence electrons. The summed E-state index contributed by atoms with van der Waals surface area (Å²) in [6, 6.07) is 14.2. The zero-order valence-electron chi connectivity index (χ0n) is 16.8. The predicted molar refractivity (Wildman–Crippen MR) is 114 cm³/mol. The van der Waals surface area contributed by atoms with Crippen LogP contribution in [0.5, 0.6) is 0 Å². The summed E-state index contributed by atoms with van der Waals surface area (Å²) in [4.78, 5) is 41.8. The molecule has 1 fully saturated rings. The zero-order valence-corrected chi connectivity index (χ0v) is 17.6. The van der Waals surface area contributed by atoms with Gasteiger partial charge < -0.3 is 15.1 Å². The first kappa shape index (κ1) is 20.4. The summed E-state index contributed by atoms with van der Waals surface area (Å²) in [6.07, 6.45) is 2.38. The second-order valence-corrected chi connectivity index (χ2v) is 8.34. The second-order valence-electron chi connectivity index (χ2n) is 7.94. The highest BCUT2D eigenvalue weighted by Crippen LogP contribution is 2.28. The Labute approximate surface area is 180 Å². The number of likely N-dealkylation sites (N-methyl/N-ethyl adjacent to an activating group) is 1. The van der Waals surface area contributed by atoms with Crippen molar-refractivity contribution in [3.8, 4) is 0 Å². The third kappa shape index (κ3) is 4.33. The number of rotatable bonds is 5. The monoisotopic (exact) mass is 425 g/mol. The maximum atomic E-state index is 13.3. The van der Waals surface area contributed by atoms with Crippen molar-refractivity contribution in [1.82, 2.24) is 15.1 Å². The van der Waals surface area contributed by atoms with E-state index in [1.165, 1.54) is 4.90 Å². The van der Waals surface area contributed by atoms with E-state index in [0.29, 0.717) is 23.6 Å². The van der Waals surface area contributed by atoms with E-state index in [1.54, 1.807) is 36.2 Å². The standard InChI is InChI=1S/C23H24ClN3O3/c1-26(14-21(28)25-17-10-11-17)23(30)20-12-15-6-2-3-7-16(15)13-27(20)22(29)18-8-4-5-9-19(18)24/h2-9,17,20H,10-14H2,1H3,(H,25,28). The van der Waals surface area contributed by atoms with Crippen LogP contribution in [0.3, 0.4) is 0 Å². The molecule has 4 rings (SSSR count). The number of hydrogen-bond acceptors (Lipinski definition) is 3. The highest BCUT2D eigenvalue weighted by Gasteiger charge is 2.37. The lowest BCUT2D eigenvalue weighted by Crippen LogP contribution is -2.54. The molecule has 1 aliphatic carbocycles. The molecule has 2 aromatic rings. The first-order chi connectivity index (χ1) is 14.4. The van der Waals surface area contributed by atoms with Gasteiger partial charge in [0.2, 0.25) is 11.8 Å². The van der Waals surface area contributed by atoms with Crippen LogP contribution in [0.2, 0.25) is 5.02 Å². The topological polar surface area (TPSA) is 69.7 Å². The van der Waals surface area contributed by atoms with E-state index in [1.807, 2.05) is 24.3 Å². The van der Waals surface area contributed by atoms with Crippen LogP contribution in [0.1, 0.15) is 34.3 Å². The molecule has 0 spiro atoms. The Hall–Kier alpha value is -2.86. The molecule has 1 aliphatic heterocycles. The number of hydrogen-bond donors (Lipinski definition) is 1. The summed E-state index contributed by atoms with van der Waals surface area (Å²) >= 11 is 6.26. The number of carbonyl (C=O) groups is 3. The Kier molecular flexibility index (Phi) is 5.77. The molecule has 0 radical (unpaired) electrons. The second kappa shape index (κ2) is 8.48. The van der Waals surface area contributed by atoms with Crippen molar-refractivity contribution in [2.75, 3.05) is 13.6 Å². The fourth-order valence-electron chi connectivity index (χ4n) is 3.80. The normalized spacial score (nSPS) is 17.8. The average Bonchev–Trinajstić information content (AvgIpc) is 3.55. The molecule has 1 N–H and O–H groups in total. The Morgan fingerprint density at radius 3 is 2.43 bits per heavy atom. The van der Waals surface area contributed by atoms with Gasteiger partial charge in [0, 0.05) is 26.1 Å². The van der Waals surface area contributed by atoms with Gasteiger partial charge in [-0.1, -0.05) is 48.0 Å². The van der Waals surface area contributed by atoms with Crippen LogP contribution in [0.25, 0.3) is 0 Å². The summed E-state index contributed by atoms with van der Waals surface area (Å²) < 4.78 is 0. The minimum atomic E-state index is -0.692. The number of carbonyl (C=O) groups excluding carboxylic acids is 3. The van der Waals surface area contributed by atoms with Gasteiger partial charge >= 0.3 is 0 Å². The molecule has 0 aromatic heterocycles. The van der Waals surface area contributed by atoms with Gasteiger partial charge in [0.15, 0.2) is 0 Å². The lowest BCUT2D eigenvalue weighted by Gasteiger charge is -2.38. The highest BCUT2D eigenvalue weighted by atomic mass is 35.5. The molecular weight excluding hydrogens is 402 g/mol. The predicted octanol–water partition coefficient (Wildman–Crippen LogP) is 2.64. The number of nitrogens with zero attached hydrogens (tertiary/aromatic N) is 2. The number of benzene rings is 2. The van der Waals surface area contributed by atoms with Crippen LogP contribution in [0, 0.1) is 0 Å². The molecule has 0 bridgehead atoms. The number of amides is 3. The van der Waals surface area contributed by atoms with E-state index >= 15 is 0 Å². The summed E-state index contributed by atoms with van der Waals surface area (Å²) in [6.45, 7) is 0.292. The minimum absolute atomic E-state index is 0.0262. The van der Waals surface area contributed by atoms with Gasteiger partial charge in [-0.25, -0.2) is 0 Å². The minimum Gasteiger partial charge on any atom is -0.352 e. The van der Waals surface area contributed by atoms with Gasteiger partial charge in [0.1, 0.15) is 6.04 Å². The average molecular weight is 426 g/mol. The first-order valence-corrected chi connectivity index (χ1v) is 10.5. The van der Waals surface area contributed by atoms with Gasteiger partial charge in [-0.15, -0.1) is 0 Å². The Balaban J connectivity index is 1.58. The van der Waals surface area contributed by atoms with Crippen LogP contribution in [0.15, 0.2) is 48.5 Å². The molecule has 7 heteroatoms. The maximum Gasteiger partial charge on any atom is 0.256 e. The summed E-state index contributed by atoms with van der Waals surface area (Å²) in [5.74, 6) is -0.714. The first-order valence-electron chi connectivity index (χ1n) is 10.1. The van der Waals surface area contributed by atoms with E-state index in [0.717, 1.165) is 24.0 Å². The SMILES string of the molecule is CN(CC(=O)NC1CC1)C(=O)C1Cc2ccccc2CN1C(=O)c1ccccc1Cl. The van der Waals surface area contributed by atoms with Gasteiger partial charge in [-0.05, 0) is 36.1 Å². The van der Waals surface area contributed by atoms with Crippen LogP contribution in [-0.2, 0) is 22.6 Å².